The van der Waals surface area contributed by atoms with Crippen LogP contribution in [0, 0.1) is 12.7 Å². The van der Waals surface area contributed by atoms with Crippen molar-refractivity contribution in [2.24, 2.45) is 0 Å². The number of nitrogens with one attached hydrogen (secondary N) is 1. The number of rotatable bonds is 4. The fourth-order valence-corrected chi connectivity index (χ4v) is 4.94. The summed E-state index contributed by atoms with van der Waals surface area (Å²) in [6.45, 7) is 1.98. The number of thiophene rings is 1. The number of H-pyrrole nitrogens is 1. The third-order valence-electron chi connectivity index (χ3n) is 4.11. The van der Waals surface area contributed by atoms with Gasteiger partial charge in [-0.15, -0.1) is 11.3 Å². The van der Waals surface area contributed by atoms with E-state index in [1.807, 2.05) is 37.3 Å². The van der Waals surface area contributed by atoms with Gasteiger partial charge in [0.1, 0.15) is 10.6 Å². The SMILES string of the molecule is Cc1sc2nc(SCc3cccc(F)c3)[nH]c(=O)c2c1-c1ccc(Cl)cc1. The van der Waals surface area contributed by atoms with E-state index in [2.05, 4.69) is 9.97 Å². The van der Waals surface area contributed by atoms with Crippen LogP contribution in [-0.4, -0.2) is 9.97 Å². The van der Waals surface area contributed by atoms with Gasteiger partial charge in [0.2, 0.25) is 0 Å². The lowest BCUT2D eigenvalue weighted by molar-refractivity contribution is 0.626. The van der Waals surface area contributed by atoms with Crippen LogP contribution in [0.25, 0.3) is 21.3 Å². The summed E-state index contributed by atoms with van der Waals surface area (Å²) in [6.07, 6.45) is 0. The van der Waals surface area contributed by atoms with E-state index in [-0.39, 0.29) is 11.4 Å². The third kappa shape index (κ3) is 3.78. The van der Waals surface area contributed by atoms with Crippen molar-refractivity contribution in [2.75, 3.05) is 0 Å². The summed E-state index contributed by atoms with van der Waals surface area (Å²) >= 11 is 8.85. The Bertz CT molecular complexity index is 1190. The average molecular weight is 417 g/mol. The molecule has 2 heterocycles. The van der Waals surface area contributed by atoms with Gasteiger partial charge in [0.25, 0.3) is 5.56 Å². The number of halogens is 2. The molecule has 136 valence electrons. The molecule has 0 bridgehead atoms. The second kappa shape index (κ2) is 7.46. The summed E-state index contributed by atoms with van der Waals surface area (Å²) in [4.78, 5) is 21.9. The lowest BCUT2D eigenvalue weighted by Gasteiger charge is -2.04. The predicted molar refractivity (Wildman–Crippen MR) is 111 cm³/mol. The molecular formula is C20H14ClFN2OS2. The Kier molecular flexibility index (Phi) is 5.04. The highest BCUT2D eigenvalue weighted by atomic mass is 35.5. The first-order valence-electron chi connectivity index (χ1n) is 8.18. The molecule has 0 fully saturated rings. The number of nitrogens with zero attached hydrogens (tertiary/aromatic N) is 1. The van der Waals surface area contributed by atoms with E-state index in [4.69, 9.17) is 11.6 Å². The molecule has 0 unspecified atom stereocenters. The molecule has 0 saturated heterocycles. The van der Waals surface area contributed by atoms with Crippen LogP contribution in [-0.2, 0) is 5.75 Å². The van der Waals surface area contributed by atoms with Crippen LogP contribution >= 0.6 is 34.7 Å². The highest BCUT2D eigenvalue weighted by Crippen LogP contribution is 2.36. The number of benzene rings is 2. The lowest BCUT2D eigenvalue weighted by Crippen LogP contribution is -2.08. The predicted octanol–water partition coefficient (Wildman–Crippen LogP) is 6.04. The molecule has 7 heteroatoms. The van der Waals surface area contributed by atoms with Crippen LogP contribution in [0.1, 0.15) is 10.4 Å². The molecule has 0 aliphatic carbocycles. The van der Waals surface area contributed by atoms with E-state index in [9.17, 15) is 9.18 Å². The van der Waals surface area contributed by atoms with Crippen molar-refractivity contribution in [3.8, 4) is 11.1 Å². The number of fused-ring (bicyclic) bond motifs is 1. The van der Waals surface area contributed by atoms with Gasteiger partial charge in [-0.1, -0.05) is 47.6 Å². The van der Waals surface area contributed by atoms with Crippen molar-refractivity contribution in [3.05, 3.63) is 80.2 Å². The zero-order valence-corrected chi connectivity index (χ0v) is 16.6. The number of hydrogen-bond acceptors (Lipinski definition) is 4. The van der Waals surface area contributed by atoms with Gasteiger partial charge in [-0.3, -0.25) is 4.79 Å². The molecule has 4 aromatic rings. The zero-order valence-electron chi connectivity index (χ0n) is 14.3. The molecule has 2 aromatic carbocycles. The summed E-state index contributed by atoms with van der Waals surface area (Å²) in [5.41, 5.74) is 2.50. The Balaban J connectivity index is 1.70. The van der Waals surface area contributed by atoms with Crippen molar-refractivity contribution in [2.45, 2.75) is 17.8 Å². The highest BCUT2D eigenvalue weighted by molar-refractivity contribution is 7.98. The Morgan fingerprint density at radius 2 is 2.00 bits per heavy atom. The first kappa shape index (κ1) is 18.2. The van der Waals surface area contributed by atoms with Crippen LogP contribution in [0.5, 0.6) is 0 Å². The van der Waals surface area contributed by atoms with Crippen molar-refractivity contribution in [1.29, 1.82) is 0 Å². The molecule has 0 aliphatic heterocycles. The molecule has 0 aliphatic rings. The van der Waals surface area contributed by atoms with Gasteiger partial charge in [0.05, 0.1) is 5.39 Å². The maximum absolute atomic E-state index is 13.3. The van der Waals surface area contributed by atoms with Crippen LogP contribution in [0.3, 0.4) is 0 Å². The van der Waals surface area contributed by atoms with Gasteiger partial charge in [-0.25, -0.2) is 9.37 Å². The number of aryl methyl sites for hydroxylation is 1. The van der Waals surface area contributed by atoms with Crippen LogP contribution in [0.4, 0.5) is 4.39 Å². The van der Waals surface area contributed by atoms with Crippen molar-refractivity contribution in [1.82, 2.24) is 9.97 Å². The molecule has 0 saturated carbocycles. The van der Waals surface area contributed by atoms with E-state index in [0.717, 1.165) is 21.6 Å². The maximum Gasteiger partial charge on any atom is 0.260 e. The summed E-state index contributed by atoms with van der Waals surface area (Å²) in [5, 5.41) is 1.77. The van der Waals surface area contributed by atoms with Crippen LogP contribution in [0.2, 0.25) is 5.02 Å². The van der Waals surface area contributed by atoms with E-state index >= 15 is 0 Å². The standard InChI is InChI=1S/C20H14ClFN2OS2/c1-11-16(13-5-7-14(21)8-6-13)17-18(25)23-20(24-19(17)27-11)26-10-12-3-2-4-15(22)9-12/h2-9H,10H2,1H3,(H,23,24,25). The first-order chi connectivity index (χ1) is 13.0. The summed E-state index contributed by atoms with van der Waals surface area (Å²) in [5.74, 6) is 0.257. The van der Waals surface area contributed by atoms with Crippen molar-refractivity contribution < 1.29 is 4.39 Å². The summed E-state index contributed by atoms with van der Waals surface area (Å²) in [7, 11) is 0. The number of thioether (sulfide) groups is 1. The molecule has 4 rings (SSSR count). The molecule has 0 atom stereocenters. The maximum atomic E-state index is 13.3. The topological polar surface area (TPSA) is 45.8 Å². The monoisotopic (exact) mass is 416 g/mol. The van der Waals surface area contributed by atoms with Crippen molar-refractivity contribution in [3.63, 3.8) is 0 Å². The largest absolute Gasteiger partial charge is 0.301 e. The van der Waals surface area contributed by atoms with Gasteiger partial charge in [-0.2, -0.15) is 0 Å². The molecule has 0 radical (unpaired) electrons. The third-order valence-corrected chi connectivity index (χ3v) is 6.31. The number of aromatic amines is 1. The van der Waals surface area contributed by atoms with Gasteiger partial charge in [0, 0.05) is 21.2 Å². The van der Waals surface area contributed by atoms with Crippen LogP contribution < -0.4 is 5.56 Å². The minimum atomic E-state index is -0.272. The molecule has 3 nitrogen and oxygen atoms in total. The fraction of sp³-hybridized carbons (Fsp3) is 0.100. The Hall–Kier alpha value is -2.15. The normalized spacial score (nSPS) is 11.2. The number of hydrogen-bond donors (Lipinski definition) is 1. The van der Waals surface area contributed by atoms with Crippen molar-refractivity contribution >= 4 is 44.9 Å². The quantitative estimate of drug-likeness (QED) is 0.325. The summed E-state index contributed by atoms with van der Waals surface area (Å²) < 4.78 is 13.3. The van der Waals surface area contributed by atoms with E-state index < -0.39 is 0 Å². The molecule has 0 spiro atoms. The molecule has 1 N–H and O–H groups in total. The Labute approximate surface area is 168 Å². The minimum absolute atomic E-state index is 0.170. The minimum Gasteiger partial charge on any atom is -0.301 e. The van der Waals surface area contributed by atoms with Gasteiger partial charge in [-0.05, 0) is 42.3 Å². The molecule has 0 amide bonds. The van der Waals surface area contributed by atoms with Crippen LogP contribution in [0.15, 0.2) is 58.5 Å². The zero-order chi connectivity index (χ0) is 19.0. The van der Waals surface area contributed by atoms with Gasteiger partial charge < -0.3 is 4.98 Å². The van der Waals surface area contributed by atoms with E-state index in [0.29, 0.717) is 26.1 Å². The Morgan fingerprint density at radius 1 is 1.22 bits per heavy atom. The van der Waals surface area contributed by atoms with Gasteiger partial charge in [0.15, 0.2) is 5.16 Å². The molecular weight excluding hydrogens is 403 g/mol. The van der Waals surface area contributed by atoms with E-state index in [1.54, 1.807) is 6.07 Å². The van der Waals surface area contributed by atoms with Gasteiger partial charge >= 0.3 is 0 Å². The second-order valence-electron chi connectivity index (χ2n) is 6.01. The average Bonchev–Trinajstić information content (AvgIpc) is 2.97. The Morgan fingerprint density at radius 3 is 2.74 bits per heavy atom. The number of aromatic nitrogens is 2. The summed E-state index contributed by atoms with van der Waals surface area (Å²) in [6, 6.07) is 13.8. The second-order valence-corrected chi connectivity index (χ2v) is 8.61. The molecule has 2 aromatic heterocycles. The molecule has 27 heavy (non-hydrogen) atoms. The fourth-order valence-electron chi connectivity index (χ4n) is 2.91. The van der Waals surface area contributed by atoms with E-state index in [1.165, 1.54) is 35.2 Å². The highest BCUT2D eigenvalue weighted by Gasteiger charge is 2.16. The lowest BCUT2D eigenvalue weighted by atomic mass is 10.0. The first-order valence-corrected chi connectivity index (χ1v) is 10.4. The smallest absolute Gasteiger partial charge is 0.260 e.